The van der Waals surface area contributed by atoms with E-state index in [0.29, 0.717) is 28.2 Å². The maximum Gasteiger partial charge on any atom is 0.229 e. The van der Waals surface area contributed by atoms with E-state index in [1.54, 1.807) is 36.5 Å². The minimum absolute atomic E-state index is 0.134. The molecule has 1 heterocycles. The molecule has 0 unspecified atom stereocenters. The van der Waals surface area contributed by atoms with Gasteiger partial charge in [0.05, 0.1) is 6.42 Å². The Morgan fingerprint density at radius 3 is 2.21 bits per heavy atom. The molecule has 0 spiro atoms. The Kier molecular flexibility index (Phi) is 5.95. The van der Waals surface area contributed by atoms with Crippen molar-refractivity contribution in [3.05, 3.63) is 77.2 Å². The third-order valence-corrected chi connectivity index (χ3v) is 4.18. The van der Waals surface area contributed by atoms with Crippen LogP contribution in [-0.2, 0) is 16.6 Å². The Bertz CT molecular complexity index is 949. The molecule has 0 radical (unpaired) electrons. The first-order chi connectivity index (χ1) is 13.3. The maximum atomic E-state index is 12.3. The zero-order valence-corrected chi connectivity index (χ0v) is 16.8. The molecule has 144 valence electrons. The van der Waals surface area contributed by atoms with Crippen LogP contribution in [0, 0.1) is 0 Å². The van der Waals surface area contributed by atoms with Crippen LogP contribution in [0.2, 0.25) is 5.02 Å². The number of aromatic nitrogens is 2. The minimum Gasteiger partial charge on any atom is -0.457 e. The molecule has 0 aliphatic rings. The summed E-state index contributed by atoms with van der Waals surface area (Å²) in [6, 6.07) is 16.2. The van der Waals surface area contributed by atoms with Crippen molar-refractivity contribution in [2.45, 2.75) is 32.6 Å². The van der Waals surface area contributed by atoms with E-state index in [2.05, 4.69) is 15.3 Å². The molecule has 0 aliphatic heterocycles. The summed E-state index contributed by atoms with van der Waals surface area (Å²) >= 11 is 5.87. The number of carbonyl (C=O) groups excluding carboxylic acids is 1. The molecule has 6 heteroatoms. The van der Waals surface area contributed by atoms with Gasteiger partial charge in [0.15, 0.2) is 0 Å². The van der Waals surface area contributed by atoms with E-state index in [0.717, 1.165) is 5.56 Å². The smallest absolute Gasteiger partial charge is 0.229 e. The molecule has 28 heavy (non-hydrogen) atoms. The highest BCUT2D eigenvalue weighted by Crippen LogP contribution is 2.23. The number of amides is 1. The molecular formula is C22H22ClN3O2. The Morgan fingerprint density at radius 1 is 1.00 bits per heavy atom. The Balaban J connectivity index is 1.59. The average molecular weight is 396 g/mol. The van der Waals surface area contributed by atoms with Crippen molar-refractivity contribution in [2.24, 2.45) is 0 Å². The van der Waals surface area contributed by atoms with Gasteiger partial charge < -0.3 is 10.1 Å². The molecule has 0 bridgehead atoms. The van der Waals surface area contributed by atoms with Crippen LogP contribution in [0.25, 0.3) is 0 Å². The predicted molar refractivity (Wildman–Crippen MR) is 111 cm³/mol. The van der Waals surface area contributed by atoms with Gasteiger partial charge >= 0.3 is 0 Å². The zero-order chi connectivity index (χ0) is 20.1. The van der Waals surface area contributed by atoms with Gasteiger partial charge in [-0.05, 0) is 48.0 Å². The Morgan fingerprint density at radius 2 is 1.61 bits per heavy atom. The SMILES string of the molecule is CC(C)(C)c1nccc(NC(=O)Cc2ccc(Oc3ccc(Cl)cc3)cc2)n1. The van der Waals surface area contributed by atoms with Crippen LogP contribution in [0.4, 0.5) is 5.82 Å². The molecule has 1 N–H and O–H groups in total. The fourth-order valence-corrected chi connectivity index (χ4v) is 2.60. The van der Waals surface area contributed by atoms with E-state index in [9.17, 15) is 4.79 Å². The van der Waals surface area contributed by atoms with Crippen molar-refractivity contribution < 1.29 is 9.53 Å². The van der Waals surface area contributed by atoms with Crippen LogP contribution in [0.5, 0.6) is 11.5 Å². The summed E-state index contributed by atoms with van der Waals surface area (Å²) in [5, 5.41) is 3.49. The summed E-state index contributed by atoms with van der Waals surface area (Å²) in [5.74, 6) is 2.46. The molecule has 2 aromatic carbocycles. The highest BCUT2D eigenvalue weighted by Gasteiger charge is 2.17. The third kappa shape index (κ3) is 5.54. The van der Waals surface area contributed by atoms with Crippen molar-refractivity contribution in [3.8, 4) is 11.5 Å². The molecule has 0 aliphatic carbocycles. The number of hydrogen-bond acceptors (Lipinski definition) is 4. The first-order valence-corrected chi connectivity index (χ1v) is 9.33. The lowest BCUT2D eigenvalue weighted by Crippen LogP contribution is -2.19. The summed E-state index contributed by atoms with van der Waals surface area (Å²) in [7, 11) is 0. The lowest BCUT2D eigenvalue weighted by molar-refractivity contribution is -0.115. The lowest BCUT2D eigenvalue weighted by atomic mass is 9.96. The van der Waals surface area contributed by atoms with E-state index < -0.39 is 0 Å². The van der Waals surface area contributed by atoms with Crippen LogP contribution in [-0.4, -0.2) is 15.9 Å². The molecule has 0 fully saturated rings. The number of hydrogen-bond donors (Lipinski definition) is 1. The normalized spacial score (nSPS) is 11.1. The minimum atomic E-state index is -0.180. The van der Waals surface area contributed by atoms with E-state index in [-0.39, 0.29) is 17.7 Å². The van der Waals surface area contributed by atoms with Crippen LogP contribution in [0.15, 0.2) is 60.8 Å². The molecule has 0 saturated heterocycles. The quantitative estimate of drug-likeness (QED) is 0.628. The topological polar surface area (TPSA) is 64.1 Å². The fraction of sp³-hybridized carbons (Fsp3) is 0.227. The average Bonchev–Trinajstić information content (AvgIpc) is 2.65. The number of nitrogens with one attached hydrogen (secondary N) is 1. The van der Waals surface area contributed by atoms with Crippen LogP contribution in [0.3, 0.4) is 0 Å². The highest BCUT2D eigenvalue weighted by molar-refractivity contribution is 6.30. The van der Waals surface area contributed by atoms with E-state index in [1.165, 1.54) is 0 Å². The number of halogens is 1. The third-order valence-electron chi connectivity index (χ3n) is 3.93. The van der Waals surface area contributed by atoms with Gasteiger partial charge in [-0.1, -0.05) is 44.5 Å². The summed E-state index contributed by atoms with van der Waals surface area (Å²) in [6.45, 7) is 6.09. The number of rotatable bonds is 5. The zero-order valence-electron chi connectivity index (χ0n) is 16.1. The van der Waals surface area contributed by atoms with Crippen molar-refractivity contribution in [2.75, 3.05) is 5.32 Å². The summed E-state index contributed by atoms with van der Waals surface area (Å²) in [5.41, 5.74) is 0.701. The van der Waals surface area contributed by atoms with Gasteiger partial charge in [0.2, 0.25) is 5.91 Å². The van der Waals surface area contributed by atoms with Gasteiger partial charge in [0, 0.05) is 16.6 Å². The molecule has 5 nitrogen and oxygen atoms in total. The molecule has 3 rings (SSSR count). The molecule has 1 amide bonds. The summed E-state index contributed by atoms with van der Waals surface area (Å²) in [6.07, 6.45) is 1.90. The second-order valence-electron chi connectivity index (χ2n) is 7.44. The number of anilines is 1. The van der Waals surface area contributed by atoms with Crippen molar-refractivity contribution in [1.29, 1.82) is 0 Å². The molecule has 0 atom stereocenters. The first-order valence-electron chi connectivity index (χ1n) is 8.95. The maximum absolute atomic E-state index is 12.3. The number of carbonyl (C=O) groups is 1. The van der Waals surface area contributed by atoms with Gasteiger partial charge in [-0.3, -0.25) is 4.79 Å². The van der Waals surface area contributed by atoms with E-state index in [1.807, 2.05) is 45.0 Å². The second kappa shape index (κ2) is 8.40. The fourth-order valence-electron chi connectivity index (χ4n) is 2.48. The van der Waals surface area contributed by atoms with Gasteiger partial charge in [0.1, 0.15) is 23.1 Å². The standard InChI is InChI=1S/C22H22ClN3O2/c1-22(2,3)21-24-13-12-19(26-21)25-20(27)14-15-4-8-17(9-5-15)28-18-10-6-16(23)7-11-18/h4-13H,14H2,1-3H3,(H,24,25,26,27). The van der Waals surface area contributed by atoms with Gasteiger partial charge in [0.25, 0.3) is 0 Å². The lowest BCUT2D eigenvalue weighted by Gasteiger charge is -2.16. The second-order valence-corrected chi connectivity index (χ2v) is 7.88. The van der Waals surface area contributed by atoms with Gasteiger partial charge in [-0.2, -0.15) is 0 Å². The summed E-state index contributed by atoms with van der Waals surface area (Å²) in [4.78, 5) is 21.0. The molecule has 3 aromatic rings. The predicted octanol–water partition coefficient (Wildman–Crippen LogP) is 5.40. The van der Waals surface area contributed by atoms with Crippen LogP contribution in [0.1, 0.15) is 32.2 Å². The van der Waals surface area contributed by atoms with Crippen molar-refractivity contribution >= 4 is 23.3 Å². The van der Waals surface area contributed by atoms with E-state index >= 15 is 0 Å². The number of benzene rings is 2. The summed E-state index contributed by atoms with van der Waals surface area (Å²) < 4.78 is 5.76. The molecular weight excluding hydrogens is 374 g/mol. The number of nitrogens with zero attached hydrogens (tertiary/aromatic N) is 2. The largest absolute Gasteiger partial charge is 0.457 e. The first kappa shape index (κ1) is 19.8. The number of ether oxygens (including phenoxy) is 1. The van der Waals surface area contributed by atoms with Gasteiger partial charge in [-0.25, -0.2) is 9.97 Å². The Hall–Kier alpha value is -2.92. The monoisotopic (exact) mass is 395 g/mol. The van der Waals surface area contributed by atoms with E-state index in [4.69, 9.17) is 16.3 Å². The van der Waals surface area contributed by atoms with Crippen LogP contribution < -0.4 is 10.1 Å². The Labute approximate surface area is 169 Å². The molecule has 0 saturated carbocycles. The molecule has 1 aromatic heterocycles. The van der Waals surface area contributed by atoms with Gasteiger partial charge in [-0.15, -0.1) is 0 Å². The highest BCUT2D eigenvalue weighted by atomic mass is 35.5. The van der Waals surface area contributed by atoms with Crippen molar-refractivity contribution in [3.63, 3.8) is 0 Å². The van der Waals surface area contributed by atoms with Crippen molar-refractivity contribution in [1.82, 2.24) is 9.97 Å². The van der Waals surface area contributed by atoms with Crippen LogP contribution >= 0.6 is 11.6 Å².